The molecule has 7 nitrogen and oxygen atoms in total. The van der Waals surface area contributed by atoms with E-state index in [1.54, 1.807) is 0 Å². The summed E-state index contributed by atoms with van der Waals surface area (Å²) in [7, 11) is 0. The quantitative estimate of drug-likeness (QED) is 0.672. The van der Waals surface area contributed by atoms with Gasteiger partial charge in [-0.1, -0.05) is 11.6 Å². The van der Waals surface area contributed by atoms with Gasteiger partial charge in [-0.3, -0.25) is 20.2 Å². The SMILES string of the molecule is O=C(Nc1ncc(Br)cn1)c1cc([N+](=O)[O-])ccc1Cl. The highest BCUT2D eigenvalue weighted by molar-refractivity contribution is 9.10. The molecular formula is C11H6BrClN4O3. The van der Waals surface area contributed by atoms with Crippen molar-refractivity contribution in [2.45, 2.75) is 0 Å². The maximum absolute atomic E-state index is 12.0. The van der Waals surface area contributed by atoms with Gasteiger partial charge in [0, 0.05) is 24.5 Å². The molecule has 1 N–H and O–H groups in total. The first kappa shape index (κ1) is 14.4. The van der Waals surface area contributed by atoms with Crippen LogP contribution >= 0.6 is 27.5 Å². The molecule has 0 fully saturated rings. The summed E-state index contributed by atoms with van der Waals surface area (Å²) in [6, 6.07) is 3.60. The van der Waals surface area contributed by atoms with Gasteiger partial charge in [0.1, 0.15) is 0 Å². The Morgan fingerprint density at radius 2 is 2.00 bits per heavy atom. The summed E-state index contributed by atoms with van der Waals surface area (Å²) in [5, 5.41) is 13.2. The van der Waals surface area contributed by atoms with Gasteiger partial charge >= 0.3 is 0 Å². The van der Waals surface area contributed by atoms with Crippen LogP contribution in [0.1, 0.15) is 10.4 Å². The molecule has 0 saturated carbocycles. The first-order valence-electron chi connectivity index (χ1n) is 5.20. The highest BCUT2D eigenvalue weighted by Gasteiger charge is 2.16. The van der Waals surface area contributed by atoms with Crippen molar-refractivity contribution in [2.75, 3.05) is 5.32 Å². The van der Waals surface area contributed by atoms with E-state index in [4.69, 9.17) is 11.6 Å². The number of carbonyl (C=O) groups excluding carboxylic acids is 1. The van der Waals surface area contributed by atoms with Crippen LogP contribution in [0.5, 0.6) is 0 Å². The largest absolute Gasteiger partial charge is 0.290 e. The number of nitrogens with zero attached hydrogens (tertiary/aromatic N) is 3. The molecule has 2 rings (SSSR count). The van der Waals surface area contributed by atoms with Gasteiger partial charge in [0.15, 0.2) is 0 Å². The standard InChI is InChI=1S/C11H6BrClN4O3/c12-6-4-14-11(15-5-6)16-10(18)8-3-7(17(19)20)1-2-9(8)13/h1-5H,(H,14,15,16,18). The molecule has 2 aromatic rings. The molecule has 102 valence electrons. The average molecular weight is 358 g/mol. The summed E-state index contributed by atoms with van der Waals surface area (Å²) in [6.45, 7) is 0. The zero-order valence-electron chi connectivity index (χ0n) is 9.71. The summed E-state index contributed by atoms with van der Waals surface area (Å²) in [5.74, 6) is -0.554. The lowest BCUT2D eigenvalue weighted by atomic mass is 10.2. The van der Waals surface area contributed by atoms with Crippen molar-refractivity contribution in [3.63, 3.8) is 0 Å². The summed E-state index contributed by atoms with van der Waals surface area (Å²) >= 11 is 9.02. The van der Waals surface area contributed by atoms with Crippen LogP contribution in [0, 0.1) is 10.1 Å². The van der Waals surface area contributed by atoms with Crippen LogP contribution in [0.4, 0.5) is 11.6 Å². The van der Waals surface area contributed by atoms with E-state index in [1.165, 1.54) is 24.5 Å². The Kier molecular flexibility index (Phi) is 4.26. The van der Waals surface area contributed by atoms with Crippen LogP contribution in [-0.4, -0.2) is 20.8 Å². The first-order chi connectivity index (χ1) is 9.47. The molecule has 0 aliphatic heterocycles. The van der Waals surface area contributed by atoms with Crippen molar-refractivity contribution in [1.82, 2.24) is 9.97 Å². The Hall–Kier alpha value is -2.06. The van der Waals surface area contributed by atoms with Crippen LogP contribution in [-0.2, 0) is 0 Å². The third-order valence-corrected chi connectivity index (χ3v) is 2.99. The van der Waals surface area contributed by atoms with Crippen molar-refractivity contribution in [2.24, 2.45) is 0 Å². The monoisotopic (exact) mass is 356 g/mol. The molecule has 0 aliphatic rings. The summed E-state index contributed by atoms with van der Waals surface area (Å²) in [6.07, 6.45) is 2.91. The van der Waals surface area contributed by atoms with E-state index in [0.717, 1.165) is 6.07 Å². The Bertz CT molecular complexity index is 678. The summed E-state index contributed by atoms with van der Waals surface area (Å²) < 4.78 is 0.656. The number of carbonyl (C=O) groups is 1. The average Bonchev–Trinajstić information content (AvgIpc) is 2.41. The molecule has 1 amide bonds. The molecule has 20 heavy (non-hydrogen) atoms. The molecule has 1 heterocycles. The van der Waals surface area contributed by atoms with E-state index in [2.05, 4.69) is 31.2 Å². The van der Waals surface area contributed by atoms with Gasteiger partial charge in [-0.15, -0.1) is 0 Å². The van der Waals surface area contributed by atoms with Gasteiger partial charge in [-0.25, -0.2) is 9.97 Å². The fourth-order valence-electron chi connectivity index (χ4n) is 1.35. The second-order valence-corrected chi connectivity index (χ2v) is 4.92. The molecule has 0 aliphatic carbocycles. The smallest absolute Gasteiger partial charge is 0.270 e. The highest BCUT2D eigenvalue weighted by atomic mass is 79.9. The van der Waals surface area contributed by atoms with E-state index >= 15 is 0 Å². The molecule has 1 aromatic heterocycles. The predicted octanol–water partition coefficient (Wildman–Crippen LogP) is 3.05. The van der Waals surface area contributed by atoms with E-state index in [0.29, 0.717) is 4.47 Å². The van der Waals surface area contributed by atoms with E-state index in [9.17, 15) is 14.9 Å². The maximum atomic E-state index is 12.0. The van der Waals surface area contributed by atoms with Gasteiger partial charge in [0.05, 0.1) is 20.0 Å². The molecule has 0 atom stereocenters. The summed E-state index contributed by atoms with van der Waals surface area (Å²) in [5.41, 5.74) is -0.247. The van der Waals surface area contributed by atoms with Crippen LogP contribution in [0.3, 0.4) is 0 Å². The number of anilines is 1. The minimum absolute atomic E-state index is 0.0209. The zero-order chi connectivity index (χ0) is 14.7. The van der Waals surface area contributed by atoms with Gasteiger partial charge < -0.3 is 0 Å². The van der Waals surface area contributed by atoms with Crippen molar-refractivity contribution >= 4 is 45.1 Å². The Morgan fingerprint density at radius 3 is 2.60 bits per heavy atom. The third-order valence-electron chi connectivity index (χ3n) is 2.25. The van der Waals surface area contributed by atoms with Crippen LogP contribution in [0.15, 0.2) is 35.1 Å². The Balaban J connectivity index is 2.26. The molecule has 1 aromatic carbocycles. The van der Waals surface area contributed by atoms with Crippen molar-refractivity contribution in [1.29, 1.82) is 0 Å². The lowest BCUT2D eigenvalue weighted by Gasteiger charge is -2.05. The Labute approximate surface area is 126 Å². The second kappa shape index (κ2) is 5.93. The third kappa shape index (κ3) is 3.28. The van der Waals surface area contributed by atoms with Crippen LogP contribution < -0.4 is 5.32 Å². The molecule has 0 saturated heterocycles. The summed E-state index contributed by atoms with van der Waals surface area (Å²) in [4.78, 5) is 29.8. The van der Waals surface area contributed by atoms with Crippen molar-refractivity contribution in [3.8, 4) is 0 Å². The zero-order valence-corrected chi connectivity index (χ0v) is 12.1. The fraction of sp³-hybridized carbons (Fsp3) is 0. The van der Waals surface area contributed by atoms with E-state index < -0.39 is 10.8 Å². The molecule has 0 radical (unpaired) electrons. The number of nitro groups is 1. The number of rotatable bonds is 3. The number of halogens is 2. The maximum Gasteiger partial charge on any atom is 0.270 e. The fourth-order valence-corrected chi connectivity index (χ4v) is 1.75. The minimum Gasteiger partial charge on any atom is -0.290 e. The normalized spacial score (nSPS) is 10.1. The Morgan fingerprint density at radius 1 is 1.35 bits per heavy atom. The highest BCUT2D eigenvalue weighted by Crippen LogP contribution is 2.22. The van der Waals surface area contributed by atoms with Crippen LogP contribution in [0.25, 0.3) is 0 Å². The van der Waals surface area contributed by atoms with Crippen LogP contribution in [0.2, 0.25) is 5.02 Å². The topological polar surface area (TPSA) is 98.0 Å². The second-order valence-electron chi connectivity index (χ2n) is 3.60. The van der Waals surface area contributed by atoms with E-state index in [1.807, 2.05) is 0 Å². The number of nitrogens with one attached hydrogen (secondary N) is 1. The number of hydrogen-bond acceptors (Lipinski definition) is 5. The lowest BCUT2D eigenvalue weighted by molar-refractivity contribution is -0.384. The van der Waals surface area contributed by atoms with E-state index in [-0.39, 0.29) is 22.2 Å². The molecular weight excluding hydrogens is 352 g/mol. The lowest BCUT2D eigenvalue weighted by Crippen LogP contribution is -2.14. The predicted molar refractivity (Wildman–Crippen MR) is 75.8 cm³/mol. The van der Waals surface area contributed by atoms with Gasteiger partial charge in [0.2, 0.25) is 5.95 Å². The molecule has 9 heteroatoms. The number of hydrogen-bond donors (Lipinski definition) is 1. The minimum atomic E-state index is -0.624. The first-order valence-corrected chi connectivity index (χ1v) is 6.37. The molecule has 0 spiro atoms. The van der Waals surface area contributed by atoms with Gasteiger partial charge in [0.25, 0.3) is 11.6 Å². The number of nitro benzene ring substituents is 1. The number of benzene rings is 1. The number of amides is 1. The number of non-ortho nitro benzene ring substituents is 1. The van der Waals surface area contributed by atoms with Crippen molar-refractivity contribution in [3.05, 3.63) is 55.8 Å². The van der Waals surface area contributed by atoms with Crippen molar-refractivity contribution < 1.29 is 9.72 Å². The molecule has 0 bridgehead atoms. The number of aromatic nitrogens is 2. The van der Waals surface area contributed by atoms with Gasteiger partial charge in [-0.05, 0) is 22.0 Å². The molecule has 0 unspecified atom stereocenters. The van der Waals surface area contributed by atoms with Gasteiger partial charge in [-0.2, -0.15) is 0 Å².